The van der Waals surface area contributed by atoms with Crippen LogP contribution in [0, 0.1) is 0 Å². The lowest BCUT2D eigenvalue weighted by Crippen LogP contribution is -2.47. The molecule has 0 unspecified atom stereocenters. The van der Waals surface area contributed by atoms with Gasteiger partial charge in [0.25, 0.3) is 0 Å². The van der Waals surface area contributed by atoms with Crippen molar-refractivity contribution in [3.63, 3.8) is 0 Å². The average Bonchev–Trinajstić information content (AvgIpc) is 3.00. The van der Waals surface area contributed by atoms with E-state index in [0.29, 0.717) is 22.4 Å². The zero-order valence-electron chi connectivity index (χ0n) is 16.8. The number of amides is 1. The number of fused-ring (bicyclic) bond motifs is 1. The summed E-state index contributed by atoms with van der Waals surface area (Å²) in [6, 6.07) is 15.0. The van der Waals surface area contributed by atoms with E-state index in [1.807, 2.05) is 42.5 Å². The molecule has 31 heavy (non-hydrogen) atoms. The van der Waals surface area contributed by atoms with Crippen LogP contribution >= 0.6 is 23.4 Å². The Kier molecular flexibility index (Phi) is 6.09. The Labute approximate surface area is 189 Å². The Morgan fingerprint density at radius 2 is 1.90 bits per heavy atom. The van der Waals surface area contributed by atoms with Crippen molar-refractivity contribution in [3.8, 4) is 0 Å². The van der Waals surface area contributed by atoms with Crippen LogP contribution in [0.15, 0.2) is 53.7 Å². The van der Waals surface area contributed by atoms with Crippen molar-refractivity contribution in [2.24, 2.45) is 0 Å². The summed E-state index contributed by atoms with van der Waals surface area (Å²) in [5.41, 5.74) is 0.734. The minimum absolute atomic E-state index is 0.0330. The van der Waals surface area contributed by atoms with Crippen LogP contribution in [-0.2, 0) is 14.6 Å². The van der Waals surface area contributed by atoms with Crippen LogP contribution in [0.25, 0.3) is 10.9 Å². The molecule has 10 heteroatoms. The first-order valence-corrected chi connectivity index (χ1v) is 12.8. The van der Waals surface area contributed by atoms with Gasteiger partial charge in [-0.3, -0.25) is 4.79 Å². The molecule has 3 aromatic rings. The van der Waals surface area contributed by atoms with E-state index in [0.717, 1.165) is 16.6 Å². The number of rotatable bonds is 6. The second-order valence-corrected chi connectivity index (χ2v) is 11.3. The van der Waals surface area contributed by atoms with Crippen molar-refractivity contribution in [2.45, 2.75) is 24.0 Å². The number of hydrogen-bond donors (Lipinski definition) is 2. The smallest absolute Gasteiger partial charge is 0.230 e. The van der Waals surface area contributed by atoms with E-state index < -0.39 is 15.4 Å². The molecule has 2 N–H and O–H groups in total. The Bertz CT molecular complexity index is 1250. The number of halogens is 1. The fourth-order valence-corrected chi connectivity index (χ4v) is 6.44. The van der Waals surface area contributed by atoms with Crippen LogP contribution in [0.4, 0.5) is 11.5 Å². The first-order chi connectivity index (χ1) is 14.7. The first kappa shape index (κ1) is 21.9. The average molecular weight is 477 g/mol. The van der Waals surface area contributed by atoms with Gasteiger partial charge in [-0.15, -0.1) is 0 Å². The van der Waals surface area contributed by atoms with Gasteiger partial charge in [0, 0.05) is 5.39 Å². The van der Waals surface area contributed by atoms with Crippen molar-refractivity contribution >= 4 is 61.5 Å². The molecule has 1 aliphatic heterocycles. The van der Waals surface area contributed by atoms with E-state index in [1.54, 1.807) is 13.0 Å². The number of carbonyl (C=O) groups excluding carboxylic acids is 1. The molecule has 7 nitrogen and oxygen atoms in total. The molecule has 1 fully saturated rings. The van der Waals surface area contributed by atoms with E-state index in [1.165, 1.54) is 11.8 Å². The number of nitrogens with one attached hydrogen (secondary N) is 2. The zero-order valence-corrected chi connectivity index (χ0v) is 19.1. The van der Waals surface area contributed by atoms with E-state index >= 15 is 0 Å². The van der Waals surface area contributed by atoms with Gasteiger partial charge in [-0.05, 0) is 37.6 Å². The van der Waals surface area contributed by atoms with E-state index in [-0.39, 0.29) is 23.2 Å². The molecular weight excluding hydrogens is 456 g/mol. The number of anilines is 2. The van der Waals surface area contributed by atoms with Crippen LogP contribution in [-0.4, -0.2) is 47.1 Å². The molecule has 0 bridgehead atoms. The van der Waals surface area contributed by atoms with Gasteiger partial charge >= 0.3 is 0 Å². The van der Waals surface area contributed by atoms with Gasteiger partial charge in [0.2, 0.25) is 5.91 Å². The molecule has 0 spiro atoms. The molecule has 4 rings (SSSR count). The zero-order chi connectivity index (χ0) is 22.1. The number of nitrogens with zero attached hydrogens (tertiary/aromatic N) is 2. The van der Waals surface area contributed by atoms with Crippen LogP contribution < -0.4 is 10.6 Å². The molecule has 1 aliphatic rings. The van der Waals surface area contributed by atoms with Crippen molar-refractivity contribution < 1.29 is 13.2 Å². The fraction of sp³-hybridized carbons (Fsp3) is 0.286. The second-order valence-electron chi connectivity index (χ2n) is 7.72. The van der Waals surface area contributed by atoms with Crippen LogP contribution in [0.2, 0.25) is 5.02 Å². The number of aromatic nitrogens is 2. The molecule has 2 aromatic carbocycles. The van der Waals surface area contributed by atoms with Crippen molar-refractivity contribution in [3.05, 3.63) is 53.6 Å². The van der Waals surface area contributed by atoms with E-state index in [9.17, 15) is 13.2 Å². The molecule has 1 amide bonds. The maximum atomic E-state index is 12.5. The van der Waals surface area contributed by atoms with Gasteiger partial charge in [0.1, 0.15) is 5.82 Å². The highest BCUT2D eigenvalue weighted by Gasteiger charge is 2.39. The van der Waals surface area contributed by atoms with Gasteiger partial charge in [0.15, 0.2) is 15.0 Å². The highest BCUT2D eigenvalue weighted by atomic mass is 35.5. The Hall–Kier alpha value is -2.36. The normalized spacial score (nSPS) is 19.9. The second kappa shape index (κ2) is 8.64. The summed E-state index contributed by atoms with van der Waals surface area (Å²) in [5.74, 6) is 0.494. The largest absolute Gasteiger partial charge is 0.349 e. The van der Waals surface area contributed by atoms with Gasteiger partial charge in [0.05, 0.1) is 39.0 Å². The van der Waals surface area contributed by atoms with Crippen molar-refractivity contribution in [2.75, 3.05) is 22.6 Å². The van der Waals surface area contributed by atoms with Gasteiger partial charge in [-0.25, -0.2) is 18.4 Å². The number of hydrogen-bond acceptors (Lipinski definition) is 7. The first-order valence-electron chi connectivity index (χ1n) is 9.66. The van der Waals surface area contributed by atoms with E-state index in [4.69, 9.17) is 11.6 Å². The third-order valence-electron chi connectivity index (χ3n) is 4.99. The molecule has 1 aromatic heterocycles. The van der Waals surface area contributed by atoms with Crippen LogP contribution in [0.1, 0.15) is 13.3 Å². The molecule has 1 saturated heterocycles. The summed E-state index contributed by atoms with van der Waals surface area (Å²) in [4.78, 5) is 21.6. The summed E-state index contributed by atoms with van der Waals surface area (Å²) in [7, 11) is -3.10. The number of carbonyl (C=O) groups is 1. The van der Waals surface area contributed by atoms with Crippen molar-refractivity contribution in [1.82, 2.24) is 15.3 Å². The number of para-hydroxylation sites is 2. The predicted octanol–water partition coefficient (Wildman–Crippen LogP) is 3.81. The minimum atomic E-state index is -3.10. The van der Waals surface area contributed by atoms with Crippen LogP contribution in [0.3, 0.4) is 0 Å². The highest BCUT2D eigenvalue weighted by Crippen LogP contribution is 2.30. The van der Waals surface area contributed by atoms with Gasteiger partial charge in [-0.2, -0.15) is 0 Å². The highest BCUT2D eigenvalue weighted by molar-refractivity contribution is 7.99. The molecule has 0 aliphatic carbocycles. The van der Waals surface area contributed by atoms with Gasteiger partial charge in [-0.1, -0.05) is 47.6 Å². The van der Waals surface area contributed by atoms with Crippen LogP contribution in [0.5, 0.6) is 0 Å². The molecule has 1 atom stereocenters. The predicted molar refractivity (Wildman–Crippen MR) is 125 cm³/mol. The molecule has 0 saturated carbocycles. The lowest BCUT2D eigenvalue weighted by molar-refractivity contribution is -0.120. The fourth-order valence-electron chi connectivity index (χ4n) is 3.52. The molecule has 162 valence electrons. The lowest BCUT2D eigenvalue weighted by atomic mass is 10.0. The third-order valence-corrected chi connectivity index (χ3v) is 8.07. The van der Waals surface area contributed by atoms with Gasteiger partial charge < -0.3 is 10.6 Å². The topological polar surface area (TPSA) is 101 Å². The number of thioether (sulfide) groups is 1. The summed E-state index contributed by atoms with van der Waals surface area (Å²) in [5, 5.41) is 7.94. The van der Waals surface area contributed by atoms with Crippen molar-refractivity contribution in [1.29, 1.82) is 0 Å². The maximum absolute atomic E-state index is 12.5. The minimum Gasteiger partial charge on any atom is -0.349 e. The SMILES string of the molecule is C[C@@]1(NC(=O)CSc2nc(Nc3ccccc3Cl)c3ccccc3n2)CCS(=O)(=O)C1. The summed E-state index contributed by atoms with van der Waals surface area (Å²) >= 11 is 7.47. The molecule has 0 radical (unpaired) electrons. The number of benzene rings is 2. The maximum Gasteiger partial charge on any atom is 0.230 e. The summed E-state index contributed by atoms with van der Waals surface area (Å²) < 4.78 is 23.5. The monoisotopic (exact) mass is 476 g/mol. The lowest BCUT2D eigenvalue weighted by Gasteiger charge is -2.23. The summed E-state index contributed by atoms with van der Waals surface area (Å²) in [6.45, 7) is 1.76. The molecular formula is C21H21ClN4O3S2. The number of sulfone groups is 1. The Balaban J connectivity index is 1.52. The molecule has 2 heterocycles. The standard InChI is InChI=1S/C21H21ClN4O3S2/c1-21(10-11-31(28,29)13-21)26-18(27)12-30-20-24-16-8-4-2-6-14(16)19(25-20)23-17-9-5-3-7-15(17)22/h2-9H,10-13H2,1H3,(H,26,27)(H,23,24,25)/t21-/m1/s1. The Morgan fingerprint density at radius 1 is 1.16 bits per heavy atom. The summed E-state index contributed by atoms with van der Waals surface area (Å²) in [6.07, 6.45) is 0.421. The third kappa shape index (κ3) is 5.28. The Morgan fingerprint density at radius 3 is 2.65 bits per heavy atom. The van der Waals surface area contributed by atoms with E-state index in [2.05, 4.69) is 20.6 Å². The quantitative estimate of drug-likeness (QED) is 0.412.